The second-order valence-corrected chi connectivity index (χ2v) is 6.46. The van der Waals surface area contributed by atoms with E-state index in [1.165, 1.54) is 0 Å². The number of hydrogen-bond donors (Lipinski definition) is 4. The average molecular weight is 364 g/mol. The van der Waals surface area contributed by atoms with Gasteiger partial charge in [0.05, 0.1) is 10.2 Å². The third kappa shape index (κ3) is 6.02. The van der Waals surface area contributed by atoms with Gasteiger partial charge in [0.25, 0.3) is 0 Å². The molecule has 0 unspecified atom stereocenters. The highest BCUT2D eigenvalue weighted by atomic mass is 79.9. The molecule has 0 bridgehead atoms. The Morgan fingerprint density at radius 2 is 2.10 bits per heavy atom. The predicted molar refractivity (Wildman–Crippen MR) is 77.5 cm³/mol. The Balaban J connectivity index is 2.34. The maximum Gasteiger partial charge on any atom is 0.326 e. The van der Waals surface area contributed by atoms with E-state index in [1.807, 2.05) is 12.1 Å². The highest BCUT2D eigenvalue weighted by molar-refractivity contribution is 9.11. The molecule has 0 radical (unpaired) electrons. The number of rotatable bonds is 7. The SMILES string of the molecule is NC(=O)C[C@@H](NC(=O)NCCc1ccc(Br)s1)C(=O)O. The number of carboxylic acids is 1. The number of thiophene rings is 1. The number of urea groups is 1. The minimum Gasteiger partial charge on any atom is -0.480 e. The average Bonchev–Trinajstić information content (AvgIpc) is 2.73. The number of primary amides is 1. The van der Waals surface area contributed by atoms with Crippen LogP contribution in [0.3, 0.4) is 0 Å². The zero-order valence-electron chi connectivity index (χ0n) is 10.4. The summed E-state index contributed by atoms with van der Waals surface area (Å²) in [5.41, 5.74) is 4.91. The van der Waals surface area contributed by atoms with Crippen molar-refractivity contribution in [3.05, 3.63) is 20.8 Å². The van der Waals surface area contributed by atoms with Gasteiger partial charge < -0.3 is 21.5 Å². The van der Waals surface area contributed by atoms with Crippen LogP contribution in [-0.4, -0.2) is 35.6 Å². The number of halogens is 1. The lowest BCUT2D eigenvalue weighted by molar-refractivity contribution is -0.140. The minimum absolute atomic E-state index is 0.363. The standard InChI is InChI=1S/C11H14BrN3O4S/c12-8-2-1-6(20-8)3-4-14-11(19)15-7(10(17)18)5-9(13)16/h1-2,7H,3-5H2,(H2,13,16)(H,17,18)(H2,14,15,19)/t7-/m1/s1. The number of aliphatic carboxylic acids is 1. The van der Waals surface area contributed by atoms with Gasteiger partial charge in [0.15, 0.2) is 0 Å². The third-order valence-electron chi connectivity index (χ3n) is 2.29. The molecule has 7 nitrogen and oxygen atoms in total. The fourth-order valence-electron chi connectivity index (χ4n) is 1.40. The Bertz CT molecular complexity index is 506. The second kappa shape index (κ2) is 7.85. The van der Waals surface area contributed by atoms with Crippen LogP contribution in [0.5, 0.6) is 0 Å². The number of carbonyl (C=O) groups excluding carboxylic acids is 2. The zero-order chi connectivity index (χ0) is 15.1. The van der Waals surface area contributed by atoms with Crippen molar-refractivity contribution in [2.45, 2.75) is 18.9 Å². The topological polar surface area (TPSA) is 122 Å². The molecule has 0 spiro atoms. The maximum absolute atomic E-state index is 11.5. The Morgan fingerprint density at radius 3 is 2.60 bits per heavy atom. The van der Waals surface area contributed by atoms with Gasteiger partial charge in [-0.25, -0.2) is 9.59 Å². The molecule has 5 N–H and O–H groups in total. The molecule has 3 amide bonds. The Labute approximate surface area is 127 Å². The van der Waals surface area contributed by atoms with Gasteiger partial charge in [0, 0.05) is 11.4 Å². The van der Waals surface area contributed by atoms with E-state index in [0.29, 0.717) is 13.0 Å². The number of nitrogens with one attached hydrogen (secondary N) is 2. The molecule has 0 aliphatic rings. The number of nitrogens with two attached hydrogens (primary N) is 1. The molecule has 1 aromatic heterocycles. The summed E-state index contributed by atoms with van der Waals surface area (Å²) in [7, 11) is 0. The fourth-order valence-corrected chi connectivity index (χ4v) is 2.88. The van der Waals surface area contributed by atoms with Crippen LogP contribution >= 0.6 is 27.3 Å². The summed E-state index contributed by atoms with van der Waals surface area (Å²) in [5.74, 6) is -2.10. The molecular formula is C11H14BrN3O4S. The van der Waals surface area contributed by atoms with Crippen molar-refractivity contribution in [2.24, 2.45) is 5.73 Å². The molecule has 0 saturated carbocycles. The number of carbonyl (C=O) groups is 3. The molecule has 1 heterocycles. The molecule has 1 rings (SSSR count). The monoisotopic (exact) mass is 363 g/mol. The van der Waals surface area contributed by atoms with Crippen molar-refractivity contribution in [1.82, 2.24) is 10.6 Å². The van der Waals surface area contributed by atoms with Crippen molar-refractivity contribution in [2.75, 3.05) is 6.54 Å². The highest BCUT2D eigenvalue weighted by Gasteiger charge is 2.21. The van der Waals surface area contributed by atoms with E-state index in [2.05, 4.69) is 26.6 Å². The van der Waals surface area contributed by atoms with Gasteiger partial charge in [-0.3, -0.25) is 4.79 Å². The van der Waals surface area contributed by atoms with Crippen LogP contribution < -0.4 is 16.4 Å². The van der Waals surface area contributed by atoms with Crippen molar-refractivity contribution in [3.8, 4) is 0 Å². The van der Waals surface area contributed by atoms with Crippen molar-refractivity contribution < 1.29 is 19.5 Å². The van der Waals surface area contributed by atoms with Gasteiger partial charge in [-0.15, -0.1) is 11.3 Å². The predicted octanol–water partition coefficient (Wildman–Crippen LogP) is 0.681. The molecule has 9 heteroatoms. The van der Waals surface area contributed by atoms with Crippen LogP contribution in [0.1, 0.15) is 11.3 Å². The van der Waals surface area contributed by atoms with Crippen LogP contribution in [0, 0.1) is 0 Å². The van der Waals surface area contributed by atoms with Gasteiger partial charge in [-0.05, 0) is 34.5 Å². The number of hydrogen-bond acceptors (Lipinski definition) is 4. The smallest absolute Gasteiger partial charge is 0.326 e. The van der Waals surface area contributed by atoms with E-state index in [0.717, 1.165) is 8.66 Å². The molecule has 0 aliphatic heterocycles. The van der Waals surface area contributed by atoms with Gasteiger partial charge in [-0.2, -0.15) is 0 Å². The molecule has 110 valence electrons. The number of carboxylic acid groups (broad SMARTS) is 1. The zero-order valence-corrected chi connectivity index (χ0v) is 12.8. The van der Waals surface area contributed by atoms with Crippen LogP contribution in [0.15, 0.2) is 15.9 Å². The van der Waals surface area contributed by atoms with Crippen LogP contribution in [0.2, 0.25) is 0 Å². The van der Waals surface area contributed by atoms with Gasteiger partial charge in [0.1, 0.15) is 6.04 Å². The van der Waals surface area contributed by atoms with E-state index >= 15 is 0 Å². The van der Waals surface area contributed by atoms with E-state index < -0.39 is 30.4 Å². The molecule has 0 aliphatic carbocycles. The molecule has 20 heavy (non-hydrogen) atoms. The minimum atomic E-state index is -1.32. The van der Waals surface area contributed by atoms with Gasteiger partial charge >= 0.3 is 12.0 Å². The summed E-state index contributed by atoms with van der Waals surface area (Å²) < 4.78 is 1.00. The quantitative estimate of drug-likeness (QED) is 0.568. The van der Waals surface area contributed by atoms with Crippen molar-refractivity contribution in [3.63, 3.8) is 0 Å². The van der Waals surface area contributed by atoms with Crippen LogP contribution in [-0.2, 0) is 16.0 Å². The van der Waals surface area contributed by atoms with E-state index in [-0.39, 0.29) is 0 Å². The lowest BCUT2D eigenvalue weighted by atomic mass is 10.2. The van der Waals surface area contributed by atoms with Crippen molar-refractivity contribution in [1.29, 1.82) is 0 Å². The molecule has 1 aromatic rings. The molecular weight excluding hydrogens is 350 g/mol. The summed E-state index contributed by atoms with van der Waals surface area (Å²) in [5, 5.41) is 13.5. The second-order valence-electron chi connectivity index (χ2n) is 3.92. The fraction of sp³-hybridized carbons (Fsp3) is 0.364. The first-order valence-corrected chi connectivity index (χ1v) is 7.29. The highest BCUT2D eigenvalue weighted by Crippen LogP contribution is 2.21. The van der Waals surface area contributed by atoms with E-state index in [1.54, 1.807) is 11.3 Å². The van der Waals surface area contributed by atoms with Crippen LogP contribution in [0.4, 0.5) is 4.79 Å². The third-order valence-corrected chi connectivity index (χ3v) is 3.98. The Hall–Kier alpha value is -1.61. The first-order valence-electron chi connectivity index (χ1n) is 5.68. The summed E-state index contributed by atoms with van der Waals surface area (Å²) in [6.45, 7) is 0.363. The van der Waals surface area contributed by atoms with Crippen LogP contribution in [0.25, 0.3) is 0 Å². The van der Waals surface area contributed by atoms with E-state index in [4.69, 9.17) is 10.8 Å². The number of amides is 3. The first kappa shape index (κ1) is 16.4. The lowest BCUT2D eigenvalue weighted by Crippen LogP contribution is -2.48. The van der Waals surface area contributed by atoms with Gasteiger partial charge in [0.2, 0.25) is 5.91 Å². The van der Waals surface area contributed by atoms with E-state index in [9.17, 15) is 14.4 Å². The molecule has 1 atom stereocenters. The Kier molecular flexibility index (Phi) is 6.46. The Morgan fingerprint density at radius 1 is 1.40 bits per heavy atom. The molecule has 0 fully saturated rings. The molecule has 0 saturated heterocycles. The molecule has 0 aromatic carbocycles. The first-order chi connectivity index (χ1) is 9.38. The van der Waals surface area contributed by atoms with Gasteiger partial charge in [-0.1, -0.05) is 0 Å². The summed E-state index contributed by atoms with van der Waals surface area (Å²) in [6, 6.07) is 1.88. The normalized spacial score (nSPS) is 11.7. The summed E-state index contributed by atoms with van der Waals surface area (Å²) >= 11 is 4.89. The summed E-state index contributed by atoms with van der Waals surface area (Å²) in [4.78, 5) is 34.1. The largest absolute Gasteiger partial charge is 0.480 e. The van der Waals surface area contributed by atoms with Crippen molar-refractivity contribution >= 4 is 45.2 Å². The summed E-state index contributed by atoms with van der Waals surface area (Å²) in [6.07, 6.45) is 0.192. The lowest BCUT2D eigenvalue weighted by Gasteiger charge is -2.13. The maximum atomic E-state index is 11.5.